The number of carbonyl (C=O) groups excluding carboxylic acids is 1. The number of hydrogen-bond donors (Lipinski definition) is 0. The average Bonchev–Trinajstić information content (AvgIpc) is 2.17. The molecule has 0 saturated carbocycles. The zero-order valence-electron chi connectivity index (χ0n) is 8.09. The summed E-state index contributed by atoms with van der Waals surface area (Å²) in [5.74, 6) is -5.90. The summed E-state index contributed by atoms with van der Waals surface area (Å²) in [5.41, 5.74) is -2.37. The fourth-order valence-corrected chi connectivity index (χ4v) is 1.05. The van der Waals surface area contributed by atoms with E-state index in [4.69, 9.17) is 0 Å². The monoisotopic (exact) mass is 233 g/mol. The summed E-state index contributed by atoms with van der Waals surface area (Å²) in [7, 11) is 0. The van der Waals surface area contributed by atoms with Crippen molar-refractivity contribution in [2.24, 2.45) is 5.18 Å². The van der Waals surface area contributed by atoms with Crippen LogP contribution >= 0.6 is 0 Å². The molecule has 0 aliphatic rings. The van der Waals surface area contributed by atoms with Crippen molar-refractivity contribution in [3.8, 4) is 0 Å². The minimum Gasteiger partial charge on any atom is -0.462 e. The van der Waals surface area contributed by atoms with Gasteiger partial charge in [-0.1, -0.05) is 0 Å². The van der Waals surface area contributed by atoms with Crippen LogP contribution in [0.4, 0.5) is 18.9 Å². The largest absolute Gasteiger partial charge is 0.462 e. The summed E-state index contributed by atoms with van der Waals surface area (Å²) in [6.07, 6.45) is 0. The number of carbonyl (C=O) groups is 1. The first-order valence-corrected chi connectivity index (χ1v) is 4.20. The molecule has 0 amide bonds. The average molecular weight is 233 g/mol. The zero-order valence-corrected chi connectivity index (χ0v) is 8.09. The van der Waals surface area contributed by atoms with Crippen LogP contribution in [-0.4, -0.2) is 12.6 Å². The molecule has 0 unspecified atom stereocenters. The van der Waals surface area contributed by atoms with Crippen molar-refractivity contribution in [1.29, 1.82) is 0 Å². The van der Waals surface area contributed by atoms with Crippen LogP contribution in [0.25, 0.3) is 0 Å². The van der Waals surface area contributed by atoms with Crippen LogP contribution in [0.1, 0.15) is 17.3 Å². The maximum absolute atomic E-state index is 13.3. The molecule has 0 aliphatic carbocycles. The topological polar surface area (TPSA) is 55.7 Å². The molecule has 0 saturated heterocycles. The number of nitroso groups, excluding NO2 is 1. The van der Waals surface area contributed by atoms with Crippen LogP contribution in [0.3, 0.4) is 0 Å². The van der Waals surface area contributed by atoms with Gasteiger partial charge in [0.05, 0.1) is 6.61 Å². The molecule has 0 radical (unpaired) electrons. The van der Waals surface area contributed by atoms with E-state index < -0.39 is 34.7 Å². The molecule has 1 aromatic carbocycles. The van der Waals surface area contributed by atoms with Gasteiger partial charge in [0.1, 0.15) is 11.4 Å². The predicted octanol–water partition coefficient (Wildman–Crippen LogP) is 2.68. The molecule has 1 rings (SSSR count). The zero-order chi connectivity index (χ0) is 12.3. The summed E-state index contributed by atoms with van der Waals surface area (Å²) in [4.78, 5) is 21.2. The molecule has 7 heteroatoms. The van der Waals surface area contributed by atoms with Crippen LogP contribution in [0.5, 0.6) is 0 Å². The van der Waals surface area contributed by atoms with E-state index in [1.807, 2.05) is 5.18 Å². The molecular formula is C9H6F3NO3. The van der Waals surface area contributed by atoms with Crippen molar-refractivity contribution >= 4 is 11.7 Å². The lowest BCUT2D eigenvalue weighted by Gasteiger charge is -2.05. The van der Waals surface area contributed by atoms with Gasteiger partial charge in [-0.25, -0.2) is 18.0 Å². The van der Waals surface area contributed by atoms with Gasteiger partial charge in [0.25, 0.3) is 0 Å². The fourth-order valence-electron chi connectivity index (χ4n) is 1.05. The Morgan fingerprint density at radius 2 is 2.00 bits per heavy atom. The fraction of sp³-hybridized carbons (Fsp3) is 0.222. The number of halogens is 3. The Balaban J connectivity index is 3.39. The maximum atomic E-state index is 13.3. The second-order valence-electron chi connectivity index (χ2n) is 2.69. The SMILES string of the molecule is CCOC(=O)c1c(F)cc(F)c(N=O)c1F. The van der Waals surface area contributed by atoms with Gasteiger partial charge in [0.15, 0.2) is 17.3 Å². The summed E-state index contributed by atoms with van der Waals surface area (Å²) >= 11 is 0. The van der Waals surface area contributed by atoms with Crippen LogP contribution in [0.2, 0.25) is 0 Å². The van der Waals surface area contributed by atoms with E-state index in [2.05, 4.69) is 4.74 Å². The van der Waals surface area contributed by atoms with E-state index in [0.717, 1.165) is 0 Å². The Morgan fingerprint density at radius 1 is 1.38 bits per heavy atom. The lowest BCUT2D eigenvalue weighted by atomic mass is 10.1. The van der Waals surface area contributed by atoms with Crippen LogP contribution in [0.15, 0.2) is 11.2 Å². The van der Waals surface area contributed by atoms with Crippen molar-refractivity contribution in [1.82, 2.24) is 0 Å². The van der Waals surface area contributed by atoms with Gasteiger partial charge in [0.2, 0.25) is 0 Å². The molecule has 0 atom stereocenters. The van der Waals surface area contributed by atoms with Crippen LogP contribution in [0, 0.1) is 22.4 Å². The molecule has 0 N–H and O–H groups in total. The van der Waals surface area contributed by atoms with Gasteiger partial charge in [-0.05, 0) is 12.1 Å². The van der Waals surface area contributed by atoms with E-state index in [-0.39, 0.29) is 12.7 Å². The van der Waals surface area contributed by atoms with E-state index in [1.165, 1.54) is 6.92 Å². The standard InChI is InChI=1S/C9H6F3NO3/c1-2-16-9(14)6-4(10)3-5(11)8(13-15)7(6)12/h3H,2H2,1H3. The molecular weight excluding hydrogens is 227 g/mol. The molecule has 4 nitrogen and oxygen atoms in total. The number of hydrogen-bond acceptors (Lipinski definition) is 4. The molecule has 0 fully saturated rings. The van der Waals surface area contributed by atoms with Crippen LogP contribution < -0.4 is 0 Å². The third kappa shape index (κ3) is 2.02. The highest BCUT2D eigenvalue weighted by molar-refractivity contribution is 5.91. The van der Waals surface area contributed by atoms with Crippen LogP contribution in [-0.2, 0) is 4.74 Å². The van der Waals surface area contributed by atoms with Gasteiger partial charge in [0, 0.05) is 6.07 Å². The molecule has 16 heavy (non-hydrogen) atoms. The second-order valence-corrected chi connectivity index (χ2v) is 2.69. The van der Waals surface area contributed by atoms with Crippen molar-refractivity contribution < 1.29 is 22.7 Å². The lowest BCUT2D eigenvalue weighted by Crippen LogP contribution is -2.10. The van der Waals surface area contributed by atoms with Crippen molar-refractivity contribution in [2.75, 3.05) is 6.61 Å². The highest BCUT2D eigenvalue weighted by Gasteiger charge is 2.25. The summed E-state index contributed by atoms with van der Waals surface area (Å²) in [6, 6.07) is 0.200. The van der Waals surface area contributed by atoms with Crippen molar-refractivity contribution in [3.63, 3.8) is 0 Å². The second kappa shape index (κ2) is 4.73. The summed E-state index contributed by atoms with van der Waals surface area (Å²) in [6.45, 7) is 1.31. The third-order valence-electron chi connectivity index (χ3n) is 1.72. The number of rotatable bonds is 3. The Hall–Kier alpha value is -1.92. The molecule has 0 aromatic heterocycles. The third-order valence-corrected chi connectivity index (χ3v) is 1.72. The first kappa shape index (κ1) is 12.2. The molecule has 0 bridgehead atoms. The van der Waals surface area contributed by atoms with E-state index in [0.29, 0.717) is 0 Å². The predicted molar refractivity (Wildman–Crippen MR) is 47.7 cm³/mol. The van der Waals surface area contributed by atoms with Gasteiger partial charge < -0.3 is 4.74 Å². The first-order chi connectivity index (χ1) is 7.52. The van der Waals surface area contributed by atoms with Gasteiger partial charge in [-0.15, -0.1) is 4.91 Å². The smallest absolute Gasteiger partial charge is 0.344 e. The number of ether oxygens (including phenoxy) is 1. The van der Waals surface area contributed by atoms with Gasteiger partial charge >= 0.3 is 5.97 Å². The van der Waals surface area contributed by atoms with E-state index >= 15 is 0 Å². The Bertz CT molecular complexity index is 448. The van der Waals surface area contributed by atoms with Crippen molar-refractivity contribution in [3.05, 3.63) is 34.0 Å². The molecule has 0 heterocycles. The molecule has 86 valence electrons. The summed E-state index contributed by atoms with van der Waals surface area (Å²) < 4.78 is 43.5. The quantitative estimate of drug-likeness (QED) is 0.595. The maximum Gasteiger partial charge on any atom is 0.344 e. The molecule has 0 spiro atoms. The highest BCUT2D eigenvalue weighted by Crippen LogP contribution is 2.27. The first-order valence-electron chi connectivity index (χ1n) is 4.20. The Morgan fingerprint density at radius 3 is 2.50 bits per heavy atom. The molecule has 1 aromatic rings. The van der Waals surface area contributed by atoms with E-state index in [9.17, 15) is 22.9 Å². The number of esters is 1. The minimum atomic E-state index is -1.66. The Labute approximate surface area is 88.0 Å². The minimum absolute atomic E-state index is 0.112. The summed E-state index contributed by atoms with van der Waals surface area (Å²) in [5, 5.41) is 2.04. The Kier molecular flexibility index (Phi) is 3.60. The lowest BCUT2D eigenvalue weighted by molar-refractivity contribution is 0.0515. The van der Waals surface area contributed by atoms with Gasteiger partial charge in [-0.3, -0.25) is 0 Å². The number of benzene rings is 1. The van der Waals surface area contributed by atoms with Gasteiger partial charge in [-0.2, -0.15) is 0 Å². The molecule has 0 aliphatic heterocycles. The van der Waals surface area contributed by atoms with E-state index in [1.54, 1.807) is 0 Å². The normalized spacial score (nSPS) is 10.0. The van der Waals surface area contributed by atoms with Crippen molar-refractivity contribution in [2.45, 2.75) is 6.92 Å². The highest BCUT2D eigenvalue weighted by atomic mass is 19.1. The number of nitrogens with zero attached hydrogens (tertiary/aromatic N) is 1.